The highest BCUT2D eigenvalue weighted by Crippen LogP contribution is 2.30. The van der Waals surface area contributed by atoms with Gasteiger partial charge >= 0.3 is 0 Å². The van der Waals surface area contributed by atoms with Crippen molar-refractivity contribution in [3.8, 4) is 0 Å². The maximum atomic E-state index is 5.73. The maximum absolute atomic E-state index is 5.73. The number of nitrogen functional groups attached to an aromatic ring is 1. The van der Waals surface area contributed by atoms with Crippen molar-refractivity contribution in [3.63, 3.8) is 0 Å². The van der Waals surface area contributed by atoms with E-state index in [1.165, 1.54) is 32.1 Å². The van der Waals surface area contributed by atoms with Crippen LogP contribution in [0.4, 0.5) is 5.95 Å². The van der Waals surface area contributed by atoms with E-state index in [1.54, 1.807) is 0 Å². The van der Waals surface area contributed by atoms with E-state index in [0.29, 0.717) is 10.7 Å². The first-order chi connectivity index (χ1) is 7.66. The first kappa shape index (κ1) is 11.6. The molecule has 1 fully saturated rings. The SMILES string of the molecule is CC1CCC(CCn2c(N)n[nH]c2=S)CC1. The zero-order valence-corrected chi connectivity index (χ0v) is 10.6. The van der Waals surface area contributed by atoms with Crippen LogP contribution in [0.2, 0.25) is 0 Å². The molecule has 0 radical (unpaired) electrons. The lowest BCUT2D eigenvalue weighted by atomic mass is 9.81. The van der Waals surface area contributed by atoms with E-state index in [0.717, 1.165) is 18.4 Å². The largest absolute Gasteiger partial charge is 0.368 e. The number of aromatic nitrogens is 3. The second kappa shape index (κ2) is 4.99. The van der Waals surface area contributed by atoms with Crippen LogP contribution in [0.1, 0.15) is 39.0 Å². The van der Waals surface area contributed by atoms with E-state index in [9.17, 15) is 0 Å². The summed E-state index contributed by atoms with van der Waals surface area (Å²) in [5.41, 5.74) is 5.73. The third-order valence-electron chi connectivity index (χ3n) is 3.68. The Hall–Kier alpha value is -0.840. The fourth-order valence-electron chi connectivity index (χ4n) is 2.48. The van der Waals surface area contributed by atoms with E-state index < -0.39 is 0 Å². The highest BCUT2D eigenvalue weighted by atomic mass is 32.1. The summed E-state index contributed by atoms with van der Waals surface area (Å²) in [5, 5.41) is 6.64. The Bertz CT molecular complexity index is 387. The van der Waals surface area contributed by atoms with Crippen molar-refractivity contribution in [2.24, 2.45) is 11.8 Å². The summed E-state index contributed by atoms with van der Waals surface area (Å²) in [5.74, 6) is 2.26. The van der Waals surface area contributed by atoms with Gasteiger partial charge in [0.15, 0.2) is 4.77 Å². The monoisotopic (exact) mass is 240 g/mol. The van der Waals surface area contributed by atoms with Gasteiger partial charge in [-0.15, -0.1) is 5.10 Å². The number of hydrogen-bond donors (Lipinski definition) is 2. The Labute approximate surface area is 101 Å². The van der Waals surface area contributed by atoms with Gasteiger partial charge in [-0.1, -0.05) is 32.6 Å². The van der Waals surface area contributed by atoms with Crippen molar-refractivity contribution in [1.82, 2.24) is 14.8 Å². The van der Waals surface area contributed by atoms with E-state index in [1.807, 2.05) is 4.57 Å². The molecule has 16 heavy (non-hydrogen) atoms. The summed E-state index contributed by atoms with van der Waals surface area (Å²) in [6, 6.07) is 0. The van der Waals surface area contributed by atoms with Gasteiger partial charge < -0.3 is 5.73 Å². The number of hydrogen-bond acceptors (Lipinski definition) is 3. The average Bonchev–Trinajstić information content (AvgIpc) is 2.59. The number of anilines is 1. The molecule has 0 aliphatic heterocycles. The number of nitrogens with zero attached hydrogens (tertiary/aromatic N) is 2. The van der Waals surface area contributed by atoms with Crippen LogP contribution in [0.25, 0.3) is 0 Å². The Morgan fingerprint density at radius 2 is 2.12 bits per heavy atom. The van der Waals surface area contributed by atoms with E-state index >= 15 is 0 Å². The van der Waals surface area contributed by atoms with Crippen LogP contribution < -0.4 is 5.73 Å². The minimum Gasteiger partial charge on any atom is -0.368 e. The molecule has 2 rings (SSSR count). The molecule has 0 spiro atoms. The zero-order valence-electron chi connectivity index (χ0n) is 9.78. The molecule has 1 aliphatic carbocycles. The second-order valence-electron chi connectivity index (χ2n) is 4.95. The number of rotatable bonds is 3. The summed E-state index contributed by atoms with van der Waals surface area (Å²) in [4.78, 5) is 0. The molecule has 0 atom stereocenters. The van der Waals surface area contributed by atoms with E-state index in [4.69, 9.17) is 18.0 Å². The molecule has 0 saturated heterocycles. The van der Waals surface area contributed by atoms with Crippen molar-refractivity contribution >= 4 is 18.2 Å². The number of nitrogens with two attached hydrogens (primary N) is 1. The van der Waals surface area contributed by atoms with Gasteiger partial charge in [0.05, 0.1) is 0 Å². The highest BCUT2D eigenvalue weighted by Gasteiger charge is 2.18. The lowest BCUT2D eigenvalue weighted by molar-refractivity contribution is 0.269. The third kappa shape index (κ3) is 2.64. The van der Waals surface area contributed by atoms with Crippen LogP contribution in [0, 0.1) is 16.6 Å². The molecule has 0 aromatic carbocycles. The molecule has 5 heteroatoms. The molecule has 4 nitrogen and oxygen atoms in total. The predicted octanol–water partition coefficient (Wildman–Crippen LogP) is 2.74. The van der Waals surface area contributed by atoms with E-state index in [-0.39, 0.29) is 0 Å². The molecule has 1 aromatic rings. The van der Waals surface area contributed by atoms with Gasteiger partial charge in [-0.3, -0.25) is 4.57 Å². The highest BCUT2D eigenvalue weighted by molar-refractivity contribution is 7.71. The topological polar surface area (TPSA) is 59.6 Å². The number of H-pyrrole nitrogens is 1. The van der Waals surface area contributed by atoms with Crippen LogP contribution in [-0.4, -0.2) is 14.8 Å². The quantitative estimate of drug-likeness (QED) is 0.799. The molecule has 0 bridgehead atoms. The minimum atomic E-state index is 0.508. The van der Waals surface area contributed by atoms with Gasteiger partial charge in [-0.2, -0.15) is 0 Å². The van der Waals surface area contributed by atoms with Gasteiger partial charge in [0.25, 0.3) is 0 Å². The standard InChI is InChI=1S/C11H20N4S/c1-8-2-4-9(5-3-8)6-7-15-10(12)13-14-11(15)16/h8-9H,2-7H2,1H3,(H2,12,13)(H,14,16). The molecule has 0 amide bonds. The molecule has 1 heterocycles. The molecule has 1 saturated carbocycles. The summed E-state index contributed by atoms with van der Waals surface area (Å²) in [6.45, 7) is 3.25. The van der Waals surface area contributed by atoms with Gasteiger partial charge in [0.2, 0.25) is 5.95 Å². The normalized spacial score (nSPS) is 25.8. The van der Waals surface area contributed by atoms with Gasteiger partial charge in [-0.05, 0) is 30.5 Å². The predicted molar refractivity (Wildman–Crippen MR) is 67.6 cm³/mol. The molecule has 3 N–H and O–H groups in total. The average molecular weight is 240 g/mol. The molecule has 90 valence electrons. The van der Waals surface area contributed by atoms with Crippen LogP contribution in [0.15, 0.2) is 0 Å². The first-order valence-corrected chi connectivity index (χ1v) is 6.48. The molecule has 1 aliphatic rings. The molecular formula is C11H20N4S. The van der Waals surface area contributed by atoms with Crippen molar-refractivity contribution < 1.29 is 0 Å². The lowest BCUT2D eigenvalue weighted by Crippen LogP contribution is -2.15. The van der Waals surface area contributed by atoms with Crippen molar-refractivity contribution in [2.45, 2.75) is 45.6 Å². The van der Waals surface area contributed by atoms with Gasteiger partial charge in [-0.25, -0.2) is 5.10 Å². The van der Waals surface area contributed by atoms with Crippen LogP contribution >= 0.6 is 12.2 Å². The lowest BCUT2D eigenvalue weighted by Gasteiger charge is -2.26. The zero-order chi connectivity index (χ0) is 11.5. The van der Waals surface area contributed by atoms with Crippen molar-refractivity contribution in [1.29, 1.82) is 0 Å². The Balaban J connectivity index is 1.86. The number of nitrogens with one attached hydrogen (secondary N) is 1. The Kier molecular flexibility index (Phi) is 3.63. The first-order valence-electron chi connectivity index (χ1n) is 6.07. The Morgan fingerprint density at radius 3 is 2.69 bits per heavy atom. The fraction of sp³-hybridized carbons (Fsp3) is 0.818. The maximum Gasteiger partial charge on any atom is 0.220 e. The van der Waals surface area contributed by atoms with Crippen LogP contribution in [0.5, 0.6) is 0 Å². The van der Waals surface area contributed by atoms with Crippen molar-refractivity contribution in [3.05, 3.63) is 4.77 Å². The molecular weight excluding hydrogens is 220 g/mol. The third-order valence-corrected chi connectivity index (χ3v) is 4.00. The molecule has 0 unspecified atom stereocenters. The van der Waals surface area contributed by atoms with Crippen LogP contribution in [-0.2, 0) is 6.54 Å². The second-order valence-corrected chi connectivity index (χ2v) is 5.34. The summed E-state index contributed by atoms with van der Waals surface area (Å²) in [7, 11) is 0. The van der Waals surface area contributed by atoms with Crippen molar-refractivity contribution in [2.75, 3.05) is 5.73 Å². The van der Waals surface area contributed by atoms with E-state index in [2.05, 4.69) is 17.1 Å². The summed E-state index contributed by atoms with van der Waals surface area (Å²) in [6.07, 6.45) is 6.62. The minimum absolute atomic E-state index is 0.508. The fourth-order valence-corrected chi connectivity index (χ4v) is 2.71. The Morgan fingerprint density at radius 1 is 1.44 bits per heavy atom. The van der Waals surface area contributed by atoms with Gasteiger partial charge in [0, 0.05) is 6.54 Å². The smallest absolute Gasteiger partial charge is 0.220 e. The van der Waals surface area contributed by atoms with Gasteiger partial charge in [0.1, 0.15) is 0 Å². The number of aromatic amines is 1. The molecule has 1 aromatic heterocycles. The summed E-state index contributed by atoms with van der Waals surface area (Å²) < 4.78 is 2.54. The van der Waals surface area contributed by atoms with Crippen LogP contribution in [0.3, 0.4) is 0 Å². The summed E-state index contributed by atoms with van der Waals surface area (Å²) >= 11 is 5.12.